The molecule has 0 aliphatic rings. The number of hydrogen-bond acceptors (Lipinski definition) is 5. The highest BCUT2D eigenvalue weighted by atomic mass is 16.7. The molecule has 0 saturated carbocycles. The zero-order chi connectivity index (χ0) is 18.9. The highest BCUT2D eigenvalue weighted by molar-refractivity contribution is 5.69. The van der Waals surface area contributed by atoms with E-state index in [1.54, 1.807) is 6.92 Å². The molecule has 3 atom stereocenters. The van der Waals surface area contributed by atoms with Gasteiger partial charge in [-0.2, -0.15) is 0 Å². The van der Waals surface area contributed by atoms with Gasteiger partial charge < -0.3 is 19.7 Å². The Morgan fingerprint density at radius 3 is 1.76 bits per heavy atom. The average molecular weight is 361 g/mol. The number of carbonyl (C=O) groups is 1. The van der Waals surface area contributed by atoms with Gasteiger partial charge in [-0.15, -0.1) is 0 Å². The molecule has 2 N–H and O–H groups in total. The van der Waals surface area contributed by atoms with Gasteiger partial charge in [-0.1, -0.05) is 78.1 Å². The van der Waals surface area contributed by atoms with Gasteiger partial charge in [0.25, 0.3) is 0 Å². The van der Waals surface area contributed by atoms with E-state index in [1.807, 2.05) is 0 Å². The molecule has 0 heterocycles. The lowest BCUT2D eigenvalue weighted by atomic mass is 10.1. The summed E-state index contributed by atoms with van der Waals surface area (Å²) < 4.78 is 10.3. The molecule has 0 fully saturated rings. The van der Waals surface area contributed by atoms with Crippen molar-refractivity contribution >= 4 is 5.97 Å². The fraction of sp³-hybridized carbons (Fsp3) is 0.950. The van der Waals surface area contributed by atoms with E-state index in [0.29, 0.717) is 12.8 Å². The van der Waals surface area contributed by atoms with Gasteiger partial charge in [-0.3, -0.25) is 4.79 Å². The molecule has 0 aromatic rings. The summed E-state index contributed by atoms with van der Waals surface area (Å²) >= 11 is 0. The molecule has 150 valence electrons. The fourth-order valence-corrected chi connectivity index (χ4v) is 2.62. The number of unbranched alkanes of at least 4 members (excludes halogenated alkanes) is 10. The molecule has 0 bridgehead atoms. The maximum atomic E-state index is 11.8. The van der Waals surface area contributed by atoms with Gasteiger partial charge in [0.15, 0.2) is 6.29 Å². The molecule has 0 aromatic heterocycles. The second-order valence-electron chi connectivity index (χ2n) is 6.88. The first-order valence-electron chi connectivity index (χ1n) is 10.2. The Morgan fingerprint density at radius 1 is 0.840 bits per heavy atom. The third kappa shape index (κ3) is 15.3. The van der Waals surface area contributed by atoms with Crippen LogP contribution in [-0.4, -0.2) is 34.9 Å². The fourth-order valence-electron chi connectivity index (χ4n) is 2.62. The van der Waals surface area contributed by atoms with Gasteiger partial charge in [-0.05, 0) is 13.3 Å². The van der Waals surface area contributed by atoms with Crippen LogP contribution in [0.2, 0.25) is 0 Å². The Balaban J connectivity index is 3.53. The van der Waals surface area contributed by atoms with Gasteiger partial charge in [0, 0.05) is 12.8 Å². The molecule has 0 rings (SSSR count). The van der Waals surface area contributed by atoms with Crippen LogP contribution in [0.5, 0.6) is 0 Å². The van der Waals surface area contributed by atoms with E-state index in [4.69, 9.17) is 9.47 Å². The summed E-state index contributed by atoms with van der Waals surface area (Å²) in [5.41, 5.74) is 0. The number of ether oxygens (including phenoxy) is 2. The van der Waals surface area contributed by atoms with Crippen LogP contribution in [0.4, 0.5) is 0 Å². The number of rotatable bonds is 17. The Morgan fingerprint density at radius 2 is 1.32 bits per heavy atom. The monoisotopic (exact) mass is 360 g/mol. The van der Waals surface area contributed by atoms with Crippen molar-refractivity contribution < 1.29 is 24.5 Å². The molecule has 0 aliphatic heterocycles. The number of hydrogen-bond donors (Lipinski definition) is 2. The smallest absolute Gasteiger partial charge is 0.308 e. The van der Waals surface area contributed by atoms with Crippen LogP contribution in [0.25, 0.3) is 0 Å². The second-order valence-corrected chi connectivity index (χ2v) is 6.88. The van der Waals surface area contributed by atoms with Crippen LogP contribution in [-0.2, 0) is 14.3 Å². The third-order valence-electron chi connectivity index (χ3n) is 4.28. The number of aliphatic hydroxyl groups excluding tert-OH is 2. The topological polar surface area (TPSA) is 76.0 Å². The Labute approximate surface area is 154 Å². The molecule has 0 radical (unpaired) electrons. The molecule has 0 amide bonds. The minimum atomic E-state index is -1.33. The maximum absolute atomic E-state index is 11.8. The van der Waals surface area contributed by atoms with Crippen LogP contribution < -0.4 is 0 Å². The van der Waals surface area contributed by atoms with Crippen LogP contribution in [0.1, 0.15) is 104 Å². The van der Waals surface area contributed by atoms with Crippen molar-refractivity contribution in [2.75, 3.05) is 0 Å². The van der Waals surface area contributed by atoms with Crippen molar-refractivity contribution in [3.8, 4) is 0 Å². The first kappa shape index (κ1) is 24.4. The number of esters is 1. The molecule has 0 aromatic carbocycles. The quantitative estimate of drug-likeness (QED) is 0.224. The predicted octanol–water partition coefficient (Wildman–Crippen LogP) is 4.68. The Bertz CT molecular complexity index is 306. The van der Waals surface area contributed by atoms with Gasteiger partial charge in [0.1, 0.15) is 6.10 Å². The van der Waals surface area contributed by atoms with Crippen LogP contribution >= 0.6 is 0 Å². The van der Waals surface area contributed by atoms with Crippen molar-refractivity contribution in [1.82, 2.24) is 0 Å². The Hall–Kier alpha value is -0.650. The Kier molecular flexibility index (Phi) is 16.4. The van der Waals surface area contributed by atoms with Crippen molar-refractivity contribution in [2.45, 2.75) is 123 Å². The highest BCUT2D eigenvalue weighted by Gasteiger charge is 2.20. The highest BCUT2D eigenvalue weighted by Crippen LogP contribution is 2.13. The van der Waals surface area contributed by atoms with Crippen LogP contribution in [0, 0.1) is 0 Å². The van der Waals surface area contributed by atoms with E-state index in [0.717, 1.165) is 19.3 Å². The minimum absolute atomic E-state index is 0.305. The minimum Gasteiger partial charge on any atom is -0.436 e. The molecular formula is C20H40O5. The summed E-state index contributed by atoms with van der Waals surface area (Å²) in [5.74, 6) is -0.305. The second kappa shape index (κ2) is 16.8. The van der Waals surface area contributed by atoms with E-state index < -0.39 is 18.7 Å². The average Bonchev–Trinajstić information content (AvgIpc) is 2.58. The van der Waals surface area contributed by atoms with E-state index in [1.165, 1.54) is 58.3 Å². The van der Waals surface area contributed by atoms with Crippen LogP contribution in [0.3, 0.4) is 0 Å². The van der Waals surface area contributed by atoms with Crippen molar-refractivity contribution in [2.24, 2.45) is 0 Å². The molecule has 25 heavy (non-hydrogen) atoms. The predicted molar refractivity (Wildman–Crippen MR) is 100 cm³/mol. The van der Waals surface area contributed by atoms with Gasteiger partial charge >= 0.3 is 5.97 Å². The van der Waals surface area contributed by atoms with E-state index >= 15 is 0 Å². The standard InChI is InChI=1S/C20H40O5/c1-4-6-7-8-9-10-11-12-13-14-15-16-18(22)24-19(5-2)25-20(23)17(3)21/h17,19-21,23H,4-16H2,1-3H3. The molecule has 5 nitrogen and oxygen atoms in total. The summed E-state index contributed by atoms with van der Waals surface area (Å²) in [6, 6.07) is 0. The number of aliphatic hydroxyl groups is 2. The molecule has 0 aliphatic carbocycles. The third-order valence-corrected chi connectivity index (χ3v) is 4.28. The molecule has 0 saturated heterocycles. The van der Waals surface area contributed by atoms with E-state index in [9.17, 15) is 15.0 Å². The molecule has 3 unspecified atom stereocenters. The van der Waals surface area contributed by atoms with Crippen molar-refractivity contribution in [1.29, 1.82) is 0 Å². The molecule has 5 heteroatoms. The lowest BCUT2D eigenvalue weighted by molar-refractivity contribution is -0.248. The summed E-state index contributed by atoms with van der Waals surface area (Å²) in [5, 5.41) is 18.7. The lowest BCUT2D eigenvalue weighted by Crippen LogP contribution is -2.33. The first-order chi connectivity index (χ1) is 12.0. The summed E-state index contributed by atoms with van der Waals surface area (Å²) in [7, 11) is 0. The van der Waals surface area contributed by atoms with Gasteiger partial charge in [0.05, 0.1) is 0 Å². The summed E-state index contributed by atoms with van der Waals surface area (Å²) in [4.78, 5) is 11.8. The zero-order valence-electron chi connectivity index (χ0n) is 16.5. The van der Waals surface area contributed by atoms with Gasteiger partial charge in [0.2, 0.25) is 6.29 Å². The van der Waals surface area contributed by atoms with E-state index in [2.05, 4.69) is 6.92 Å². The zero-order valence-corrected chi connectivity index (χ0v) is 16.5. The number of carbonyl (C=O) groups excluding carboxylic acids is 1. The normalized spacial score (nSPS) is 14.9. The molecule has 0 spiro atoms. The summed E-state index contributed by atoms with van der Waals surface area (Å²) in [6.07, 6.45) is 11.3. The van der Waals surface area contributed by atoms with Crippen LogP contribution in [0.15, 0.2) is 0 Å². The lowest BCUT2D eigenvalue weighted by Gasteiger charge is -2.22. The van der Waals surface area contributed by atoms with Gasteiger partial charge in [-0.25, -0.2) is 0 Å². The first-order valence-corrected chi connectivity index (χ1v) is 10.2. The maximum Gasteiger partial charge on any atom is 0.308 e. The molecular weight excluding hydrogens is 320 g/mol. The SMILES string of the molecule is CCCCCCCCCCCCCC(=O)OC(CC)OC(O)C(C)O. The van der Waals surface area contributed by atoms with Crippen molar-refractivity contribution in [3.63, 3.8) is 0 Å². The largest absolute Gasteiger partial charge is 0.436 e. The van der Waals surface area contributed by atoms with E-state index in [-0.39, 0.29) is 5.97 Å². The van der Waals surface area contributed by atoms with Crippen molar-refractivity contribution in [3.05, 3.63) is 0 Å². The summed E-state index contributed by atoms with van der Waals surface area (Å²) in [6.45, 7) is 5.46.